The van der Waals surface area contributed by atoms with Crippen molar-refractivity contribution in [1.82, 2.24) is 0 Å². The molecule has 0 spiro atoms. The average Bonchev–Trinajstić information content (AvgIpc) is 2.46. The molecule has 19 heavy (non-hydrogen) atoms. The average molecular weight is 264 g/mol. The van der Waals surface area contributed by atoms with Gasteiger partial charge in [0.1, 0.15) is 0 Å². The second-order valence-corrected chi connectivity index (χ2v) is 4.69. The molecule has 2 rings (SSSR count). The Labute approximate surface area is 118 Å². The normalized spacial score (nSPS) is 9.32. The molecule has 1 nitrogen and oxygen atoms in total. The largest absolute Gasteiger partial charge is 0.279 e. The van der Waals surface area contributed by atoms with E-state index in [1.807, 2.05) is 49.4 Å². The van der Waals surface area contributed by atoms with E-state index in [4.69, 9.17) is 12.2 Å². The minimum atomic E-state index is -0.171. The molecule has 0 aliphatic rings. The molecule has 2 aromatic rings. The van der Waals surface area contributed by atoms with Gasteiger partial charge in [-0.25, -0.2) is 0 Å². The predicted octanol–water partition coefficient (Wildman–Crippen LogP) is 3.66. The number of Topliss-reactive ketones (excluding diaryl/α,β-unsaturated/α-hetero) is 1. The summed E-state index contributed by atoms with van der Waals surface area (Å²) in [6.45, 7) is 1.88. The van der Waals surface area contributed by atoms with Crippen molar-refractivity contribution in [3.05, 3.63) is 71.3 Å². The number of rotatable bonds is 2. The third-order valence-corrected chi connectivity index (χ3v) is 2.88. The lowest BCUT2D eigenvalue weighted by molar-refractivity contribution is 0.105. The van der Waals surface area contributed by atoms with Crippen LogP contribution in [0.2, 0.25) is 0 Å². The Balaban J connectivity index is 2.16. The highest BCUT2D eigenvalue weighted by Crippen LogP contribution is 2.05. The first-order chi connectivity index (χ1) is 9.16. The van der Waals surface area contributed by atoms with Crippen molar-refractivity contribution in [1.29, 1.82) is 0 Å². The number of thiocarbonyl (C=S) groups is 1. The molecule has 0 fully saturated rings. The summed E-state index contributed by atoms with van der Waals surface area (Å²) in [6.07, 6.45) is 0. The van der Waals surface area contributed by atoms with Gasteiger partial charge in [0.05, 0.1) is 0 Å². The zero-order valence-electron chi connectivity index (χ0n) is 10.5. The highest BCUT2D eigenvalue weighted by Gasteiger charge is 1.99. The lowest BCUT2D eigenvalue weighted by Crippen LogP contribution is -1.94. The quantitative estimate of drug-likeness (QED) is 0.468. The maximum atomic E-state index is 11.8. The Hall–Kier alpha value is -2.24. The van der Waals surface area contributed by atoms with Crippen LogP contribution in [-0.2, 0) is 0 Å². The van der Waals surface area contributed by atoms with Crippen LogP contribution in [0.3, 0.4) is 0 Å². The van der Waals surface area contributed by atoms with E-state index in [2.05, 4.69) is 11.8 Å². The fraction of sp³-hybridized carbons (Fsp3) is 0.0588. The Bertz CT molecular complexity index is 658. The van der Waals surface area contributed by atoms with Crippen molar-refractivity contribution in [2.75, 3.05) is 0 Å². The maximum Gasteiger partial charge on any atom is 0.236 e. The van der Waals surface area contributed by atoms with Crippen LogP contribution in [-0.4, -0.2) is 10.6 Å². The molecule has 0 aliphatic heterocycles. The Morgan fingerprint density at radius 1 is 0.947 bits per heavy atom. The highest BCUT2D eigenvalue weighted by molar-refractivity contribution is 7.80. The maximum absolute atomic E-state index is 11.8. The predicted molar refractivity (Wildman–Crippen MR) is 81.5 cm³/mol. The van der Waals surface area contributed by atoms with Crippen molar-refractivity contribution in [3.8, 4) is 11.8 Å². The van der Waals surface area contributed by atoms with E-state index in [1.165, 1.54) is 0 Å². The highest BCUT2D eigenvalue weighted by atomic mass is 32.1. The van der Waals surface area contributed by atoms with Crippen LogP contribution in [0, 0.1) is 11.8 Å². The first-order valence-corrected chi connectivity index (χ1v) is 6.30. The second-order valence-electron chi connectivity index (χ2n) is 4.08. The molecule has 0 radical (unpaired) electrons. The smallest absolute Gasteiger partial charge is 0.236 e. The molecule has 0 heterocycles. The van der Waals surface area contributed by atoms with Gasteiger partial charge in [0.25, 0.3) is 0 Å². The summed E-state index contributed by atoms with van der Waals surface area (Å²) in [7, 11) is 0. The molecule has 0 saturated heterocycles. The molecule has 0 N–H and O–H groups in total. The topological polar surface area (TPSA) is 17.1 Å². The lowest BCUT2D eigenvalue weighted by Gasteiger charge is -1.96. The minimum absolute atomic E-state index is 0.171. The van der Waals surface area contributed by atoms with Gasteiger partial charge in [-0.3, -0.25) is 4.79 Å². The number of ketones is 1. The minimum Gasteiger partial charge on any atom is -0.279 e. The summed E-state index contributed by atoms with van der Waals surface area (Å²) in [5, 5.41) is 0. The summed E-state index contributed by atoms with van der Waals surface area (Å²) in [5.41, 5.74) is 2.43. The lowest BCUT2D eigenvalue weighted by atomic mass is 10.1. The van der Waals surface area contributed by atoms with Crippen molar-refractivity contribution in [3.63, 3.8) is 0 Å². The summed E-state index contributed by atoms with van der Waals surface area (Å²) in [5.74, 6) is 5.34. The van der Waals surface area contributed by atoms with Gasteiger partial charge < -0.3 is 0 Å². The van der Waals surface area contributed by atoms with E-state index < -0.39 is 0 Å². The van der Waals surface area contributed by atoms with Gasteiger partial charge in [-0.1, -0.05) is 60.6 Å². The van der Waals surface area contributed by atoms with Gasteiger partial charge in [0, 0.05) is 16.0 Å². The number of benzene rings is 2. The third kappa shape index (κ3) is 3.61. The Kier molecular flexibility index (Phi) is 4.22. The standard InChI is InChI=1S/C17H12OS/c1-13(19)15-10-7-14(8-11-15)9-12-17(18)16-5-3-2-4-6-16/h2-8,10-11H,1H3. The van der Waals surface area contributed by atoms with E-state index in [0.29, 0.717) is 5.56 Å². The Morgan fingerprint density at radius 2 is 1.58 bits per heavy atom. The van der Waals surface area contributed by atoms with Gasteiger partial charge in [-0.2, -0.15) is 0 Å². The molecule has 0 aromatic heterocycles. The molecule has 0 atom stereocenters. The monoisotopic (exact) mass is 264 g/mol. The molecule has 0 bridgehead atoms. The first kappa shape index (κ1) is 13.2. The van der Waals surface area contributed by atoms with E-state index in [-0.39, 0.29) is 5.78 Å². The molecule has 2 heteroatoms. The van der Waals surface area contributed by atoms with E-state index >= 15 is 0 Å². The first-order valence-electron chi connectivity index (χ1n) is 5.89. The molecule has 0 saturated carbocycles. The summed E-state index contributed by atoms with van der Waals surface area (Å²) >= 11 is 5.09. The van der Waals surface area contributed by atoms with Gasteiger partial charge in [-0.15, -0.1) is 0 Å². The van der Waals surface area contributed by atoms with Gasteiger partial charge in [-0.05, 0) is 30.5 Å². The van der Waals surface area contributed by atoms with Crippen molar-refractivity contribution in [2.45, 2.75) is 6.92 Å². The van der Waals surface area contributed by atoms with Crippen molar-refractivity contribution >= 4 is 22.9 Å². The van der Waals surface area contributed by atoms with Crippen LogP contribution < -0.4 is 0 Å². The summed E-state index contributed by atoms with van der Waals surface area (Å²) in [4.78, 5) is 12.6. The van der Waals surface area contributed by atoms with Crippen LogP contribution in [0.1, 0.15) is 28.4 Å². The third-order valence-electron chi connectivity index (χ3n) is 2.65. The molecule has 2 aromatic carbocycles. The number of carbonyl (C=O) groups is 1. The van der Waals surface area contributed by atoms with Gasteiger partial charge >= 0.3 is 0 Å². The molecule has 0 aliphatic carbocycles. The molecular formula is C17H12OS. The molecule has 0 unspecified atom stereocenters. The van der Waals surface area contributed by atoms with E-state index in [0.717, 1.165) is 16.0 Å². The van der Waals surface area contributed by atoms with Crippen LogP contribution in [0.5, 0.6) is 0 Å². The number of hydrogen-bond acceptors (Lipinski definition) is 2. The summed E-state index contributed by atoms with van der Waals surface area (Å²) < 4.78 is 0. The number of carbonyl (C=O) groups excluding carboxylic acids is 1. The molecule has 92 valence electrons. The van der Waals surface area contributed by atoms with Gasteiger partial charge in [0.15, 0.2) is 0 Å². The fourth-order valence-corrected chi connectivity index (χ4v) is 1.71. The van der Waals surface area contributed by atoms with E-state index in [9.17, 15) is 4.79 Å². The van der Waals surface area contributed by atoms with Crippen LogP contribution >= 0.6 is 12.2 Å². The Morgan fingerprint density at radius 3 is 2.16 bits per heavy atom. The zero-order chi connectivity index (χ0) is 13.7. The summed E-state index contributed by atoms with van der Waals surface area (Å²) in [6, 6.07) is 16.6. The van der Waals surface area contributed by atoms with E-state index in [1.54, 1.807) is 12.1 Å². The van der Waals surface area contributed by atoms with Crippen LogP contribution in [0.15, 0.2) is 54.6 Å². The molecular weight excluding hydrogens is 252 g/mol. The van der Waals surface area contributed by atoms with Gasteiger partial charge in [0.2, 0.25) is 5.78 Å². The van der Waals surface area contributed by atoms with Crippen LogP contribution in [0.4, 0.5) is 0 Å². The van der Waals surface area contributed by atoms with Crippen molar-refractivity contribution in [2.24, 2.45) is 0 Å². The van der Waals surface area contributed by atoms with Crippen LogP contribution in [0.25, 0.3) is 0 Å². The molecule has 0 amide bonds. The number of hydrogen-bond donors (Lipinski definition) is 0. The zero-order valence-corrected chi connectivity index (χ0v) is 11.3. The van der Waals surface area contributed by atoms with Crippen molar-refractivity contribution < 1.29 is 4.79 Å². The SMILES string of the molecule is CC(=S)c1ccc(C#CC(=O)c2ccccc2)cc1. The second kappa shape index (κ2) is 6.08. The fourth-order valence-electron chi connectivity index (χ4n) is 1.58.